The molecule has 2 unspecified atom stereocenters. The van der Waals surface area contributed by atoms with Gasteiger partial charge in [0.05, 0.1) is 0 Å². The SMILES string of the molecule is CCOCCCN1C(=O)C(C2CC2)NC(=O)C1C(C)(C)C. The lowest BCUT2D eigenvalue weighted by Gasteiger charge is -2.45. The molecule has 0 aromatic heterocycles. The standard InChI is InChI=1S/C16H28N2O3/c1-5-21-10-6-9-18-13(16(2,3)4)14(19)17-12(15(18)20)11-7-8-11/h11-13H,5-10H2,1-4H3,(H,17,19). The van der Waals surface area contributed by atoms with E-state index in [1.165, 1.54) is 0 Å². The Bertz CT molecular complexity index is 399. The molecule has 1 heterocycles. The van der Waals surface area contributed by atoms with Gasteiger partial charge in [0.1, 0.15) is 12.1 Å². The molecule has 5 nitrogen and oxygen atoms in total. The summed E-state index contributed by atoms with van der Waals surface area (Å²) in [4.78, 5) is 27.0. The Hall–Kier alpha value is -1.10. The zero-order valence-electron chi connectivity index (χ0n) is 13.6. The van der Waals surface area contributed by atoms with Gasteiger partial charge < -0.3 is 15.0 Å². The maximum Gasteiger partial charge on any atom is 0.246 e. The van der Waals surface area contributed by atoms with Gasteiger partial charge in [0.25, 0.3) is 0 Å². The van der Waals surface area contributed by atoms with Gasteiger partial charge in [-0.05, 0) is 37.5 Å². The Morgan fingerprint density at radius 1 is 1.29 bits per heavy atom. The van der Waals surface area contributed by atoms with Crippen LogP contribution in [-0.2, 0) is 14.3 Å². The van der Waals surface area contributed by atoms with Crippen molar-refractivity contribution in [2.24, 2.45) is 11.3 Å². The second-order valence-electron chi connectivity index (χ2n) is 7.17. The molecule has 2 atom stereocenters. The summed E-state index contributed by atoms with van der Waals surface area (Å²) in [7, 11) is 0. The molecule has 1 N–H and O–H groups in total. The van der Waals surface area contributed by atoms with Crippen LogP contribution in [0.4, 0.5) is 0 Å². The predicted octanol–water partition coefficient (Wildman–Crippen LogP) is 1.56. The van der Waals surface area contributed by atoms with Crippen molar-refractivity contribution < 1.29 is 14.3 Å². The Labute approximate surface area is 127 Å². The summed E-state index contributed by atoms with van der Waals surface area (Å²) in [5, 5.41) is 2.95. The number of hydrogen-bond donors (Lipinski definition) is 1. The van der Waals surface area contributed by atoms with Crippen molar-refractivity contribution in [1.29, 1.82) is 0 Å². The fourth-order valence-corrected chi connectivity index (χ4v) is 3.07. The van der Waals surface area contributed by atoms with Crippen molar-refractivity contribution in [1.82, 2.24) is 10.2 Å². The molecule has 0 aromatic carbocycles. The minimum atomic E-state index is -0.387. The van der Waals surface area contributed by atoms with Crippen molar-refractivity contribution in [2.45, 2.75) is 59.0 Å². The van der Waals surface area contributed by atoms with Crippen LogP contribution in [0.25, 0.3) is 0 Å². The number of amides is 2. The van der Waals surface area contributed by atoms with E-state index in [1.54, 1.807) is 4.90 Å². The van der Waals surface area contributed by atoms with Crippen LogP contribution in [0, 0.1) is 11.3 Å². The highest BCUT2D eigenvalue weighted by Gasteiger charge is 2.49. The topological polar surface area (TPSA) is 58.6 Å². The third kappa shape index (κ3) is 3.76. The van der Waals surface area contributed by atoms with Gasteiger partial charge in [-0.25, -0.2) is 0 Å². The Kier molecular flexibility index (Phi) is 4.91. The van der Waals surface area contributed by atoms with Crippen LogP contribution < -0.4 is 5.32 Å². The van der Waals surface area contributed by atoms with Crippen molar-refractivity contribution in [3.8, 4) is 0 Å². The maximum absolute atomic E-state index is 12.7. The normalized spacial score (nSPS) is 27.0. The van der Waals surface area contributed by atoms with E-state index in [-0.39, 0.29) is 29.3 Å². The van der Waals surface area contributed by atoms with Gasteiger partial charge in [-0.3, -0.25) is 9.59 Å². The number of nitrogens with zero attached hydrogens (tertiary/aromatic N) is 1. The van der Waals surface area contributed by atoms with Crippen molar-refractivity contribution in [3.05, 3.63) is 0 Å². The summed E-state index contributed by atoms with van der Waals surface area (Å²) in [6, 6.07) is -0.690. The summed E-state index contributed by atoms with van der Waals surface area (Å²) in [5.74, 6) is 0.431. The molecule has 1 saturated heterocycles. The number of ether oxygens (including phenoxy) is 1. The molecule has 21 heavy (non-hydrogen) atoms. The lowest BCUT2D eigenvalue weighted by molar-refractivity contribution is -0.154. The van der Waals surface area contributed by atoms with Gasteiger partial charge in [-0.15, -0.1) is 0 Å². The average Bonchev–Trinajstić information content (AvgIpc) is 3.20. The van der Waals surface area contributed by atoms with E-state index in [4.69, 9.17) is 4.74 Å². The second kappa shape index (κ2) is 6.34. The van der Waals surface area contributed by atoms with Crippen molar-refractivity contribution in [2.75, 3.05) is 19.8 Å². The molecule has 120 valence electrons. The zero-order chi connectivity index (χ0) is 15.6. The number of carbonyl (C=O) groups excluding carboxylic acids is 2. The van der Waals surface area contributed by atoms with Crippen molar-refractivity contribution >= 4 is 11.8 Å². The summed E-state index contributed by atoms with van der Waals surface area (Å²) < 4.78 is 5.36. The van der Waals surface area contributed by atoms with Crippen LogP contribution in [0.15, 0.2) is 0 Å². The number of nitrogens with one attached hydrogen (secondary N) is 1. The molecule has 0 bridgehead atoms. The van der Waals surface area contributed by atoms with Crippen LogP contribution in [0.2, 0.25) is 0 Å². The number of hydrogen-bond acceptors (Lipinski definition) is 3. The van der Waals surface area contributed by atoms with Gasteiger partial charge >= 0.3 is 0 Å². The van der Waals surface area contributed by atoms with Gasteiger partial charge in [0.15, 0.2) is 0 Å². The molecular formula is C16H28N2O3. The molecule has 0 spiro atoms. The van der Waals surface area contributed by atoms with E-state index >= 15 is 0 Å². The van der Waals surface area contributed by atoms with E-state index in [2.05, 4.69) is 5.32 Å². The first-order valence-corrected chi connectivity index (χ1v) is 8.05. The van der Waals surface area contributed by atoms with Crippen molar-refractivity contribution in [3.63, 3.8) is 0 Å². The molecule has 0 radical (unpaired) electrons. The molecule has 5 heteroatoms. The molecule has 2 fully saturated rings. The fraction of sp³-hybridized carbons (Fsp3) is 0.875. The molecule has 2 rings (SSSR count). The predicted molar refractivity (Wildman–Crippen MR) is 80.7 cm³/mol. The third-order valence-corrected chi connectivity index (χ3v) is 4.21. The minimum absolute atomic E-state index is 0.00425. The zero-order valence-corrected chi connectivity index (χ0v) is 13.6. The Morgan fingerprint density at radius 3 is 2.48 bits per heavy atom. The number of piperazine rings is 1. The van der Waals surface area contributed by atoms with Crippen LogP contribution in [-0.4, -0.2) is 48.6 Å². The van der Waals surface area contributed by atoms with Gasteiger partial charge in [0, 0.05) is 19.8 Å². The monoisotopic (exact) mass is 296 g/mol. The molecule has 1 aliphatic carbocycles. The van der Waals surface area contributed by atoms with Crippen LogP contribution >= 0.6 is 0 Å². The summed E-state index contributed by atoms with van der Waals surface area (Å²) >= 11 is 0. The second-order valence-corrected chi connectivity index (χ2v) is 7.17. The van der Waals surface area contributed by atoms with Gasteiger partial charge in [-0.1, -0.05) is 20.8 Å². The number of rotatable bonds is 6. The van der Waals surface area contributed by atoms with Gasteiger partial charge in [0.2, 0.25) is 11.8 Å². The van der Waals surface area contributed by atoms with Gasteiger partial charge in [-0.2, -0.15) is 0 Å². The first-order valence-electron chi connectivity index (χ1n) is 8.05. The smallest absolute Gasteiger partial charge is 0.246 e. The highest BCUT2D eigenvalue weighted by atomic mass is 16.5. The van der Waals surface area contributed by atoms with Crippen LogP contribution in [0.3, 0.4) is 0 Å². The largest absolute Gasteiger partial charge is 0.382 e. The van der Waals surface area contributed by atoms with E-state index in [9.17, 15) is 9.59 Å². The quantitative estimate of drug-likeness (QED) is 0.757. The lowest BCUT2D eigenvalue weighted by atomic mass is 9.82. The van der Waals surface area contributed by atoms with Crippen LogP contribution in [0.5, 0.6) is 0 Å². The summed E-state index contributed by atoms with van der Waals surface area (Å²) in [6.07, 6.45) is 2.87. The summed E-state index contributed by atoms with van der Waals surface area (Å²) in [5.41, 5.74) is -0.264. The molecule has 2 aliphatic rings. The maximum atomic E-state index is 12.7. The molecule has 2 amide bonds. The third-order valence-electron chi connectivity index (χ3n) is 4.21. The molecular weight excluding hydrogens is 268 g/mol. The average molecular weight is 296 g/mol. The molecule has 0 aromatic rings. The van der Waals surface area contributed by atoms with E-state index < -0.39 is 0 Å². The Balaban J connectivity index is 2.10. The minimum Gasteiger partial charge on any atom is -0.382 e. The fourth-order valence-electron chi connectivity index (χ4n) is 3.07. The first-order chi connectivity index (χ1) is 9.86. The first kappa shape index (κ1) is 16.3. The molecule has 1 aliphatic heterocycles. The summed E-state index contributed by atoms with van der Waals surface area (Å²) in [6.45, 7) is 9.90. The van der Waals surface area contributed by atoms with E-state index in [0.717, 1.165) is 19.3 Å². The van der Waals surface area contributed by atoms with E-state index in [0.29, 0.717) is 25.7 Å². The van der Waals surface area contributed by atoms with Crippen LogP contribution in [0.1, 0.15) is 47.0 Å². The van der Waals surface area contributed by atoms with E-state index in [1.807, 2.05) is 27.7 Å². The highest BCUT2D eigenvalue weighted by molar-refractivity contribution is 5.97. The molecule has 1 saturated carbocycles. The lowest BCUT2D eigenvalue weighted by Crippen LogP contribution is -2.67. The number of carbonyl (C=O) groups is 2. The highest BCUT2D eigenvalue weighted by Crippen LogP contribution is 2.37. The Morgan fingerprint density at radius 2 is 1.95 bits per heavy atom.